The summed E-state index contributed by atoms with van der Waals surface area (Å²) in [6.45, 7) is 19.4. The van der Waals surface area contributed by atoms with Gasteiger partial charge in [-0.2, -0.15) is 0 Å². The van der Waals surface area contributed by atoms with Crippen LogP contribution >= 0.6 is 0 Å². The van der Waals surface area contributed by atoms with Crippen LogP contribution in [0.4, 0.5) is 0 Å². The van der Waals surface area contributed by atoms with Crippen molar-refractivity contribution in [2.45, 2.75) is 93.5 Å². The van der Waals surface area contributed by atoms with E-state index in [1.807, 2.05) is 0 Å². The zero-order valence-corrected chi connectivity index (χ0v) is 16.4. The molecule has 0 spiro atoms. The normalized spacial score (nSPS) is 18.6. The van der Waals surface area contributed by atoms with E-state index in [-0.39, 0.29) is 0 Å². The third kappa shape index (κ3) is 5.93. The smallest absolute Gasteiger partial charge is 0.00949 e. The number of nitrogens with one attached hydrogen (secondary N) is 1. The molecule has 0 aliphatic heterocycles. The topological polar surface area (TPSA) is 12.0 Å². The Hall–Kier alpha value is -0.0400. The van der Waals surface area contributed by atoms with Gasteiger partial charge < -0.3 is 5.32 Å². The summed E-state index contributed by atoms with van der Waals surface area (Å²) in [5.74, 6) is 3.08. The lowest BCUT2D eigenvalue weighted by Crippen LogP contribution is -2.46. The largest absolute Gasteiger partial charge is 0.317 e. The fourth-order valence-electron chi connectivity index (χ4n) is 3.99. The van der Waals surface area contributed by atoms with Gasteiger partial charge in [0.05, 0.1) is 0 Å². The highest BCUT2D eigenvalue weighted by molar-refractivity contribution is 4.91. The lowest BCUT2D eigenvalue weighted by molar-refractivity contribution is 0.0396. The van der Waals surface area contributed by atoms with Crippen LogP contribution in [0, 0.1) is 29.1 Å². The minimum Gasteiger partial charge on any atom is -0.317 e. The monoisotopic (exact) mass is 297 g/mol. The van der Waals surface area contributed by atoms with Crippen LogP contribution in [0.2, 0.25) is 0 Å². The minimum absolute atomic E-state index is 0.390. The second-order valence-electron chi connectivity index (χ2n) is 8.12. The van der Waals surface area contributed by atoms with Crippen molar-refractivity contribution in [3.63, 3.8) is 0 Å². The molecule has 0 aliphatic carbocycles. The molecular weight excluding hydrogens is 254 g/mol. The summed E-state index contributed by atoms with van der Waals surface area (Å²) in [4.78, 5) is 0. The Balaban J connectivity index is 5.15. The number of hydrogen-bond acceptors (Lipinski definition) is 1. The van der Waals surface area contributed by atoms with Crippen molar-refractivity contribution < 1.29 is 0 Å². The van der Waals surface area contributed by atoms with Crippen molar-refractivity contribution in [2.75, 3.05) is 7.05 Å². The molecule has 4 atom stereocenters. The second kappa shape index (κ2) is 9.87. The van der Waals surface area contributed by atoms with Crippen molar-refractivity contribution in [2.24, 2.45) is 29.1 Å². The van der Waals surface area contributed by atoms with Crippen molar-refractivity contribution in [3.8, 4) is 0 Å². The van der Waals surface area contributed by atoms with Gasteiger partial charge in [0.15, 0.2) is 0 Å². The van der Waals surface area contributed by atoms with Crippen LogP contribution in [0.5, 0.6) is 0 Å². The van der Waals surface area contributed by atoms with Crippen LogP contribution in [0.3, 0.4) is 0 Å². The summed E-state index contributed by atoms with van der Waals surface area (Å²) < 4.78 is 0. The van der Waals surface area contributed by atoms with E-state index < -0.39 is 0 Å². The Morgan fingerprint density at radius 1 is 0.952 bits per heavy atom. The standard InChI is InChI=1S/C20H43N/c1-10-12-13-14-18(19(11-2)21-9)20(7,8)17(6)16(5)15(3)4/h15-19,21H,10-14H2,1-9H3. The molecule has 21 heavy (non-hydrogen) atoms. The number of unbranched alkanes of at least 4 members (excludes halogenated alkanes) is 2. The molecule has 0 aromatic carbocycles. The quantitative estimate of drug-likeness (QED) is 0.452. The molecule has 1 heteroatoms. The summed E-state index contributed by atoms with van der Waals surface area (Å²) in [5.41, 5.74) is 0.390. The maximum atomic E-state index is 3.61. The van der Waals surface area contributed by atoms with E-state index >= 15 is 0 Å². The van der Waals surface area contributed by atoms with E-state index in [2.05, 4.69) is 67.8 Å². The fourth-order valence-corrected chi connectivity index (χ4v) is 3.99. The summed E-state index contributed by atoms with van der Waals surface area (Å²) in [6, 6.07) is 0.652. The third-order valence-electron chi connectivity index (χ3n) is 6.38. The van der Waals surface area contributed by atoms with Gasteiger partial charge in [-0.3, -0.25) is 0 Å². The van der Waals surface area contributed by atoms with Gasteiger partial charge in [0.2, 0.25) is 0 Å². The van der Waals surface area contributed by atoms with Crippen LogP contribution in [0.25, 0.3) is 0 Å². The lowest BCUT2D eigenvalue weighted by Gasteiger charge is -2.46. The summed E-state index contributed by atoms with van der Waals surface area (Å²) >= 11 is 0. The summed E-state index contributed by atoms with van der Waals surface area (Å²) in [7, 11) is 2.15. The van der Waals surface area contributed by atoms with E-state index in [4.69, 9.17) is 0 Å². The second-order valence-corrected chi connectivity index (χ2v) is 8.12. The van der Waals surface area contributed by atoms with Gasteiger partial charge in [0.25, 0.3) is 0 Å². The van der Waals surface area contributed by atoms with Crippen molar-refractivity contribution in [1.82, 2.24) is 5.32 Å². The Morgan fingerprint density at radius 2 is 1.52 bits per heavy atom. The highest BCUT2D eigenvalue weighted by atomic mass is 14.9. The molecule has 0 aromatic heterocycles. The molecule has 0 aliphatic rings. The van der Waals surface area contributed by atoms with E-state index in [1.165, 1.54) is 32.1 Å². The molecule has 0 saturated heterocycles. The molecule has 128 valence electrons. The molecule has 1 nitrogen and oxygen atoms in total. The predicted octanol–water partition coefficient (Wildman–Crippen LogP) is 6.14. The summed E-state index contributed by atoms with van der Waals surface area (Å²) in [6.07, 6.45) is 6.68. The summed E-state index contributed by atoms with van der Waals surface area (Å²) in [5, 5.41) is 3.61. The highest BCUT2D eigenvalue weighted by Crippen LogP contribution is 2.45. The van der Waals surface area contributed by atoms with Crippen molar-refractivity contribution in [3.05, 3.63) is 0 Å². The Morgan fingerprint density at radius 3 is 1.90 bits per heavy atom. The zero-order valence-electron chi connectivity index (χ0n) is 16.4. The SMILES string of the molecule is CCCCCC(C(CC)NC)C(C)(C)C(C)C(C)C(C)C. The molecular formula is C20H43N. The van der Waals surface area contributed by atoms with E-state index in [1.54, 1.807) is 0 Å². The van der Waals surface area contributed by atoms with Gasteiger partial charge >= 0.3 is 0 Å². The van der Waals surface area contributed by atoms with Gasteiger partial charge in [0.1, 0.15) is 0 Å². The molecule has 0 saturated carbocycles. The number of hydrogen-bond donors (Lipinski definition) is 1. The van der Waals surface area contributed by atoms with Gasteiger partial charge in [-0.15, -0.1) is 0 Å². The van der Waals surface area contributed by atoms with Crippen LogP contribution in [-0.2, 0) is 0 Å². The molecule has 1 N–H and O–H groups in total. The third-order valence-corrected chi connectivity index (χ3v) is 6.38. The highest BCUT2D eigenvalue weighted by Gasteiger charge is 2.40. The molecule has 0 heterocycles. The average molecular weight is 298 g/mol. The fraction of sp³-hybridized carbons (Fsp3) is 1.00. The molecule has 0 aromatic rings. The van der Waals surface area contributed by atoms with Crippen LogP contribution < -0.4 is 5.32 Å². The Labute approximate surface area is 135 Å². The number of rotatable bonds is 11. The predicted molar refractivity (Wildman–Crippen MR) is 97.7 cm³/mol. The first kappa shape index (κ1) is 21.0. The molecule has 0 radical (unpaired) electrons. The maximum Gasteiger partial charge on any atom is 0.00949 e. The van der Waals surface area contributed by atoms with Gasteiger partial charge in [-0.25, -0.2) is 0 Å². The molecule has 4 unspecified atom stereocenters. The zero-order chi connectivity index (χ0) is 16.6. The molecule has 0 bridgehead atoms. The first-order valence-electron chi connectivity index (χ1n) is 9.41. The molecule has 0 rings (SSSR count). The van der Waals surface area contributed by atoms with Crippen LogP contribution in [0.1, 0.15) is 87.5 Å². The molecule has 0 amide bonds. The van der Waals surface area contributed by atoms with E-state index in [0.717, 1.165) is 23.7 Å². The minimum atomic E-state index is 0.390. The average Bonchev–Trinajstić information content (AvgIpc) is 2.44. The van der Waals surface area contributed by atoms with E-state index in [0.29, 0.717) is 11.5 Å². The van der Waals surface area contributed by atoms with Crippen molar-refractivity contribution in [1.29, 1.82) is 0 Å². The van der Waals surface area contributed by atoms with Crippen LogP contribution in [0.15, 0.2) is 0 Å². The van der Waals surface area contributed by atoms with Gasteiger partial charge in [0, 0.05) is 6.04 Å². The van der Waals surface area contributed by atoms with Gasteiger partial charge in [-0.1, -0.05) is 74.7 Å². The Bertz CT molecular complexity index is 253. The van der Waals surface area contributed by atoms with Crippen molar-refractivity contribution >= 4 is 0 Å². The van der Waals surface area contributed by atoms with Gasteiger partial charge in [-0.05, 0) is 49.0 Å². The first-order chi connectivity index (χ1) is 9.73. The Kier molecular flexibility index (Phi) is 9.85. The maximum absolute atomic E-state index is 3.61. The lowest BCUT2D eigenvalue weighted by atomic mass is 9.60. The van der Waals surface area contributed by atoms with Crippen LogP contribution in [-0.4, -0.2) is 13.1 Å². The molecule has 0 fully saturated rings. The first-order valence-corrected chi connectivity index (χ1v) is 9.41. The van der Waals surface area contributed by atoms with E-state index in [9.17, 15) is 0 Å².